The highest BCUT2D eigenvalue weighted by molar-refractivity contribution is 8.00. The zero-order valence-corrected chi connectivity index (χ0v) is 14.0. The number of benzene rings is 1. The molecule has 0 radical (unpaired) electrons. The molecule has 23 heavy (non-hydrogen) atoms. The molecule has 3 rings (SSSR count). The van der Waals surface area contributed by atoms with Crippen molar-refractivity contribution in [2.75, 3.05) is 12.3 Å². The maximum absolute atomic E-state index is 12.0. The highest BCUT2D eigenvalue weighted by Crippen LogP contribution is 2.20. The topological polar surface area (TPSA) is 79.8 Å². The second-order valence-corrected chi connectivity index (χ2v) is 7.12. The van der Waals surface area contributed by atoms with E-state index in [1.165, 1.54) is 4.57 Å². The van der Waals surface area contributed by atoms with Gasteiger partial charge in [-0.25, -0.2) is 9.78 Å². The molecule has 1 aromatic carbocycles. The van der Waals surface area contributed by atoms with Crippen LogP contribution in [-0.2, 0) is 11.3 Å². The monoisotopic (exact) mass is 348 g/mol. The number of hydrogen-bond acceptors (Lipinski definition) is 5. The Kier molecular flexibility index (Phi) is 5.14. The first kappa shape index (κ1) is 15.8. The van der Waals surface area contributed by atoms with Gasteiger partial charge >= 0.3 is 5.69 Å². The second-order valence-electron chi connectivity index (χ2n) is 4.88. The van der Waals surface area contributed by atoms with Gasteiger partial charge in [0.1, 0.15) is 10.9 Å². The van der Waals surface area contributed by atoms with E-state index in [0.29, 0.717) is 6.54 Å². The van der Waals surface area contributed by atoms with Gasteiger partial charge in [-0.1, -0.05) is 23.9 Å². The van der Waals surface area contributed by atoms with Crippen LogP contribution in [-0.4, -0.2) is 32.7 Å². The van der Waals surface area contributed by atoms with E-state index in [1.807, 2.05) is 29.6 Å². The number of fused-ring (bicyclic) bond motifs is 1. The number of hydrogen-bond donors (Lipinski definition) is 2. The van der Waals surface area contributed by atoms with Crippen LogP contribution in [0, 0.1) is 0 Å². The maximum Gasteiger partial charge on any atom is 0.326 e. The number of aromatic amines is 1. The van der Waals surface area contributed by atoms with Gasteiger partial charge in [0, 0.05) is 23.9 Å². The van der Waals surface area contributed by atoms with Crippen LogP contribution < -0.4 is 11.0 Å². The second kappa shape index (κ2) is 7.47. The highest BCUT2D eigenvalue weighted by atomic mass is 32.2. The smallest absolute Gasteiger partial charge is 0.326 e. The Hall–Kier alpha value is -2.06. The number of H-pyrrole nitrogens is 1. The molecule has 120 valence electrons. The van der Waals surface area contributed by atoms with Crippen LogP contribution in [0.3, 0.4) is 0 Å². The van der Waals surface area contributed by atoms with Crippen LogP contribution >= 0.6 is 23.1 Å². The molecule has 8 heteroatoms. The van der Waals surface area contributed by atoms with Gasteiger partial charge in [0.15, 0.2) is 0 Å². The molecule has 3 aromatic rings. The summed E-state index contributed by atoms with van der Waals surface area (Å²) >= 11 is 3.30. The quantitative estimate of drug-likeness (QED) is 0.506. The predicted octanol–water partition coefficient (Wildman–Crippen LogP) is 2.08. The van der Waals surface area contributed by atoms with Crippen LogP contribution in [0.1, 0.15) is 6.42 Å². The molecular weight excluding hydrogens is 332 g/mol. The average Bonchev–Trinajstić information content (AvgIpc) is 3.16. The number of nitrogens with one attached hydrogen (secondary N) is 2. The Morgan fingerprint density at radius 3 is 3.09 bits per heavy atom. The molecule has 0 spiro atoms. The first-order valence-corrected chi connectivity index (χ1v) is 9.07. The Bertz CT molecular complexity index is 839. The van der Waals surface area contributed by atoms with Gasteiger partial charge in [-0.3, -0.25) is 9.36 Å². The Labute approximate surface area is 140 Å². The van der Waals surface area contributed by atoms with Gasteiger partial charge in [-0.2, -0.15) is 0 Å². The fourth-order valence-corrected chi connectivity index (χ4v) is 3.85. The molecule has 2 aromatic heterocycles. The van der Waals surface area contributed by atoms with Crippen molar-refractivity contribution in [3.8, 4) is 0 Å². The zero-order chi connectivity index (χ0) is 16.1. The molecule has 0 aliphatic carbocycles. The van der Waals surface area contributed by atoms with Crippen molar-refractivity contribution in [2.45, 2.75) is 17.3 Å². The first-order valence-electron chi connectivity index (χ1n) is 7.20. The molecule has 2 heterocycles. The minimum atomic E-state index is -0.263. The van der Waals surface area contributed by atoms with Crippen molar-refractivity contribution in [3.05, 3.63) is 46.3 Å². The summed E-state index contributed by atoms with van der Waals surface area (Å²) in [5, 5.41) is 4.80. The summed E-state index contributed by atoms with van der Waals surface area (Å²) in [6.45, 7) is 0.622. The third-order valence-corrected chi connectivity index (χ3v) is 5.31. The summed E-state index contributed by atoms with van der Waals surface area (Å²) in [5.41, 5.74) is 1.22. The SMILES string of the molecule is O=C(Cn1c(=O)[nH]c2ccccc21)NCCCSc1nccs1. The standard InChI is InChI=1S/C15H16N4O2S2/c20-13(16-6-3-8-22-15-17-7-9-23-15)10-19-12-5-2-1-4-11(12)18-14(19)21/h1-2,4-5,7,9H,3,6,8,10H2,(H,16,20)(H,18,21). The van der Waals surface area contributed by atoms with E-state index < -0.39 is 0 Å². The number of imidazole rings is 1. The van der Waals surface area contributed by atoms with E-state index in [2.05, 4.69) is 15.3 Å². The summed E-state index contributed by atoms with van der Waals surface area (Å²) < 4.78 is 2.50. The van der Waals surface area contributed by atoms with E-state index in [0.717, 1.165) is 27.5 Å². The number of carbonyl (C=O) groups is 1. The summed E-state index contributed by atoms with van der Waals surface area (Å²) in [6, 6.07) is 7.34. The van der Waals surface area contributed by atoms with Crippen LogP contribution in [0.4, 0.5) is 0 Å². The molecule has 0 bridgehead atoms. The van der Waals surface area contributed by atoms with E-state index in [4.69, 9.17) is 0 Å². The van der Waals surface area contributed by atoms with Crippen molar-refractivity contribution >= 4 is 40.0 Å². The molecular formula is C15H16N4O2S2. The summed E-state index contributed by atoms with van der Waals surface area (Å²) in [5.74, 6) is 0.747. The molecule has 0 aliphatic heterocycles. The van der Waals surface area contributed by atoms with Crippen LogP contribution in [0.5, 0.6) is 0 Å². The van der Waals surface area contributed by atoms with E-state index in [9.17, 15) is 9.59 Å². The molecule has 6 nitrogen and oxygen atoms in total. The molecule has 2 N–H and O–H groups in total. The zero-order valence-electron chi connectivity index (χ0n) is 12.3. The van der Waals surface area contributed by atoms with Gasteiger partial charge in [0.2, 0.25) is 5.91 Å². The number of thiazole rings is 1. The molecule has 0 unspecified atom stereocenters. The number of nitrogens with zero attached hydrogens (tertiary/aromatic N) is 2. The predicted molar refractivity (Wildman–Crippen MR) is 93.0 cm³/mol. The van der Waals surface area contributed by atoms with Crippen molar-refractivity contribution in [1.82, 2.24) is 19.9 Å². The van der Waals surface area contributed by atoms with Gasteiger partial charge < -0.3 is 10.3 Å². The Morgan fingerprint density at radius 1 is 1.39 bits per heavy atom. The lowest BCUT2D eigenvalue weighted by molar-refractivity contribution is -0.121. The van der Waals surface area contributed by atoms with Gasteiger partial charge in [0.25, 0.3) is 0 Å². The molecule has 0 saturated carbocycles. The highest BCUT2D eigenvalue weighted by Gasteiger charge is 2.09. The maximum atomic E-state index is 12.0. The van der Waals surface area contributed by atoms with Crippen LogP contribution in [0.2, 0.25) is 0 Å². The number of carbonyl (C=O) groups excluding carboxylic acids is 1. The van der Waals surface area contributed by atoms with Crippen LogP contribution in [0.15, 0.2) is 45.0 Å². The first-order chi connectivity index (χ1) is 11.2. The lowest BCUT2D eigenvalue weighted by Gasteiger charge is -2.06. The summed E-state index contributed by atoms with van der Waals surface area (Å²) in [6.07, 6.45) is 2.65. The Balaban J connectivity index is 1.47. The van der Waals surface area contributed by atoms with Gasteiger partial charge in [-0.15, -0.1) is 11.3 Å². The van der Waals surface area contributed by atoms with E-state index in [-0.39, 0.29) is 18.1 Å². The third-order valence-electron chi connectivity index (χ3n) is 3.26. The lowest BCUT2D eigenvalue weighted by atomic mass is 10.3. The Morgan fingerprint density at radius 2 is 2.26 bits per heavy atom. The fraction of sp³-hybridized carbons (Fsp3) is 0.267. The van der Waals surface area contributed by atoms with Crippen LogP contribution in [0.25, 0.3) is 11.0 Å². The van der Waals surface area contributed by atoms with Crippen molar-refractivity contribution in [3.63, 3.8) is 0 Å². The lowest BCUT2D eigenvalue weighted by Crippen LogP contribution is -2.32. The molecule has 1 amide bonds. The summed E-state index contributed by atoms with van der Waals surface area (Å²) in [7, 11) is 0. The minimum Gasteiger partial charge on any atom is -0.355 e. The molecule has 0 atom stereocenters. The minimum absolute atomic E-state index is 0.0302. The van der Waals surface area contributed by atoms with Crippen molar-refractivity contribution in [1.29, 1.82) is 0 Å². The molecule has 0 aliphatic rings. The summed E-state index contributed by atoms with van der Waals surface area (Å²) in [4.78, 5) is 30.8. The van der Waals surface area contributed by atoms with E-state index in [1.54, 1.807) is 29.3 Å². The molecule has 0 saturated heterocycles. The number of rotatable bonds is 7. The average molecular weight is 348 g/mol. The number of thioether (sulfide) groups is 1. The normalized spacial score (nSPS) is 11.0. The number of aromatic nitrogens is 3. The van der Waals surface area contributed by atoms with Crippen molar-refractivity contribution in [2.24, 2.45) is 0 Å². The number of amides is 1. The molecule has 0 fully saturated rings. The van der Waals surface area contributed by atoms with Gasteiger partial charge in [0.05, 0.1) is 11.0 Å². The third kappa shape index (κ3) is 4.02. The largest absolute Gasteiger partial charge is 0.355 e. The number of para-hydroxylation sites is 2. The van der Waals surface area contributed by atoms with Crippen molar-refractivity contribution < 1.29 is 4.79 Å². The fourth-order valence-electron chi connectivity index (χ4n) is 2.20. The van der Waals surface area contributed by atoms with Gasteiger partial charge in [-0.05, 0) is 18.6 Å². The van der Waals surface area contributed by atoms with E-state index >= 15 is 0 Å².